The van der Waals surface area contributed by atoms with Crippen LogP contribution in [0.15, 0.2) is 24.3 Å². The van der Waals surface area contributed by atoms with Crippen LogP contribution in [0, 0.1) is 6.92 Å². The molecule has 84 valence electrons. The van der Waals surface area contributed by atoms with Crippen LogP contribution in [0.25, 0.3) is 0 Å². The lowest BCUT2D eigenvalue weighted by atomic mass is 10.1. The van der Waals surface area contributed by atoms with Crippen molar-refractivity contribution in [1.29, 1.82) is 0 Å². The van der Waals surface area contributed by atoms with Crippen LogP contribution in [0.1, 0.15) is 43.5 Å². The Morgan fingerprint density at radius 2 is 2.07 bits per heavy atom. The van der Waals surface area contributed by atoms with Crippen molar-refractivity contribution in [3.05, 3.63) is 35.4 Å². The monoisotopic (exact) mass is 207 g/mol. The Bertz CT molecular complexity index is 325. The Labute approximate surface area is 93.2 Å². The largest absolute Gasteiger partial charge is 0.352 e. The lowest BCUT2D eigenvalue weighted by Crippen LogP contribution is -2.25. The van der Waals surface area contributed by atoms with Gasteiger partial charge in [0.05, 0.1) is 0 Å². The first-order valence-electron chi connectivity index (χ1n) is 5.59. The second-order valence-corrected chi connectivity index (χ2v) is 3.78. The molecule has 2 nitrogen and oxygen atoms in total. The predicted octanol–water partition coefficient (Wildman–Crippen LogP) is 3.16. The number of carbonyl (C=O) groups excluding carboxylic acids is 1. The lowest BCUT2D eigenvalue weighted by molar-refractivity contribution is 0.0952. The fourth-order valence-electron chi connectivity index (χ4n) is 1.50. The minimum atomic E-state index is 0. The smallest absolute Gasteiger partial charge is 0.251 e. The molecule has 0 radical (unpaired) electrons. The zero-order valence-electron chi connectivity index (χ0n) is 9.55. The quantitative estimate of drug-likeness (QED) is 0.738. The number of benzene rings is 1. The standard InChI is InChI=1S/C13H19NO.H2/c1-3-4-7-10-14-13(15)12-9-6-5-8-11(12)2;/h5-6,8-9H,3-4,7,10H2,1-2H3,(H,14,15);1H. The first-order valence-corrected chi connectivity index (χ1v) is 5.59. The lowest BCUT2D eigenvalue weighted by Gasteiger charge is -2.06. The summed E-state index contributed by atoms with van der Waals surface area (Å²) in [6.07, 6.45) is 3.42. The van der Waals surface area contributed by atoms with E-state index >= 15 is 0 Å². The second kappa shape index (κ2) is 6.23. The zero-order chi connectivity index (χ0) is 11.1. The molecule has 2 heteroatoms. The molecule has 0 aliphatic rings. The Hall–Kier alpha value is -1.31. The maximum Gasteiger partial charge on any atom is 0.251 e. The van der Waals surface area contributed by atoms with Gasteiger partial charge in [0.25, 0.3) is 5.91 Å². The molecule has 0 saturated heterocycles. The summed E-state index contributed by atoms with van der Waals surface area (Å²) in [7, 11) is 0. The molecule has 1 amide bonds. The molecule has 1 rings (SSSR count). The summed E-state index contributed by atoms with van der Waals surface area (Å²) < 4.78 is 0. The van der Waals surface area contributed by atoms with Crippen molar-refractivity contribution in [1.82, 2.24) is 5.32 Å². The summed E-state index contributed by atoms with van der Waals surface area (Å²) >= 11 is 0. The molecule has 0 bridgehead atoms. The topological polar surface area (TPSA) is 29.1 Å². The van der Waals surface area contributed by atoms with Crippen LogP contribution >= 0.6 is 0 Å². The Morgan fingerprint density at radius 3 is 2.73 bits per heavy atom. The number of hydrogen-bond acceptors (Lipinski definition) is 1. The summed E-state index contributed by atoms with van der Waals surface area (Å²) in [5.41, 5.74) is 1.82. The highest BCUT2D eigenvalue weighted by Gasteiger charge is 2.06. The number of unbranched alkanes of at least 4 members (excludes halogenated alkanes) is 2. The van der Waals surface area contributed by atoms with E-state index in [1.807, 2.05) is 31.2 Å². The molecule has 0 unspecified atom stereocenters. The number of nitrogens with one attached hydrogen (secondary N) is 1. The van der Waals surface area contributed by atoms with Crippen molar-refractivity contribution < 1.29 is 6.22 Å². The van der Waals surface area contributed by atoms with E-state index in [1.165, 1.54) is 12.8 Å². The maximum atomic E-state index is 11.7. The second-order valence-electron chi connectivity index (χ2n) is 3.78. The van der Waals surface area contributed by atoms with Crippen LogP contribution in [0.2, 0.25) is 0 Å². The molecular formula is C13H21NO. The average Bonchev–Trinajstić information content (AvgIpc) is 2.25. The highest BCUT2D eigenvalue weighted by atomic mass is 16.1. The van der Waals surface area contributed by atoms with E-state index in [4.69, 9.17) is 0 Å². The van der Waals surface area contributed by atoms with Crippen molar-refractivity contribution >= 4 is 5.91 Å². The van der Waals surface area contributed by atoms with Crippen molar-refractivity contribution in [3.63, 3.8) is 0 Å². The number of amides is 1. The highest BCUT2D eigenvalue weighted by Crippen LogP contribution is 2.06. The van der Waals surface area contributed by atoms with E-state index in [0.717, 1.165) is 24.1 Å². The van der Waals surface area contributed by atoms with Crippen LogP contribution in [0.3, 0.4) is 0 Å². The predicted molar refractivity (Wildman–Crippen MR) is 65.2 cm³/mol. The van der Waals surface area contributed by atoms with Gasteiger partial charge in [-0.15, -0.1) is 0 Å². The van der Waals surface area contributed by atoms with Crippen LogP contribution in [-0.2, 0) is 0 Å². The molecule has 0 saturated carbocycles. The maximum absolute atomic E-state index is 11.7. The number of rotatable bonds is 5. The van der Waals surface area contributed by atoms with E-state index in [2.05, 4.69) is 12.2 Å². The SMILES string of the molecule is CCCCCNC(=O)c1ccccc1C.[HH]. The Kier molecular flexibility index (Phi) is 4.88. The molecule has 0 aliphatic heterocycles. The third-order valence-corrected chi connectivity index (χ3v) is 2.46. The number of carbonyl (C=O) groups is 1. The van der Waals surface area contributed by atoms with Crippen molar-refractivity contribution in [3.8, 4) is 0 Å². The summed E-state index contributed by atoms with van der Waals surface area (Å²) in [5.74, 6) is 0.0456. The molecule has 15 heavy (non-hydrogen) atoms. The molecule has 0 fully saturated rings. The first kappa shape index (κ1) is 11.8. The van der Waals surface area contributed by atoms with Gasteiger partial charge in [0.1, 0.15) is 0 Å². The van der Waals surface area contributed by atoms with Gasteiger partial charge in [-0.3, -0.25) is 4.79 Å². The molecule has 0 aliphatic carbocycles. The average molecular weight is 207 g/mol. The minimum Gasteiger partial charge on any atom is -0.352 e. The van der Waals surface area contributed by atoms with E-state index in [9.17, 15) is 4.79 Å². The van der Waals surface area contributed by atoms with Crippen LogP contribution in [0.4, 0.5) is 0 Å². The number of aryl methyl sites for hydroxylation is 1. The van der Waals surface area contributed by atoms with Crippen LogP contribution in [0.5, 0.6) is 0 Å². The summed E-state index contributed by atoms with van der Waals surface area (Å²) in [6.45, 7) is 4.89. The highest BCUT2D eigenvalue weighted by molar-refractivity contribution is 5.95. The van der Waals surface area contributed by atoms with Gasteiger partial charge in [0.2, 0.25) is 0 Å². The van der Waals surface area contributed by atoms with Crippen LogP contribution in [-0.4, -0.2) is 12.5 Å². The van der Waals surface area contributed by atoms with Gasteiger partial charge in [-0.1, -0.05) is 38.0 Å². The third kappa shape index (κ3) is 3.74. The summed E-state index contributed by atoms with van der Waals surface area (Å²) in [6, 6.07) is 7.67. The molecule has 1 aromatic rings. The molecule has 0 atom stereocenters. The van der Waals surface area contributed by atoms with E-state index < -0.39 is 0 Å². The van der Waals surface area contributed by atoms with Gasteiger partial charge in [0, 0.05) is 13.5 Å². The molecule has 1 N–H and O–H groups in total. The van der Waals surface area contributed by atoms with Gasteiger partial charge >= 0.3 is 0 Å². The van der Waals surface area contributed by atoms with E-state index in [-0.39, 0.29) is 7.33 Å². The normalized spacial score (nSPS) is 10.0. The van der Waals surface area contributed by atoms with Gasteiger partial charge in [-0.05, 0) is 25.0 Å². The van der Waals surface area contributed by atoms with E-state index in [0.29, 0.717) is 0 Å². The Morgan fingerprint density at radius 1 is 1.33 bits per heavy atom. The summed E-state index contributed by atoms with van der Waals surface area (Å²) in [4.78, 5) is 11.7. The first-order chi connectivity index (χ1) is 7.25. The van der Waals surface area contributed by atoms with Crippen molar-refractivity contribution in [2.24, 2.45) is 0 Å². The van der Waals surface area contributed by atoms with Gasteiger partial charge in [-0.25, -0.2) is 0 Å². The Balaban J connectivity index is 0.00000225. The minimum absolute atomic E-state index is 0. The number of hydrogen-bond donors (Lipinski definition) is 1. The summed E-state index contributed by atoms with van der Waals surface area (Å²) in [5, 5.41) is 2.94. The molecule has 1 aromatic carbocycles. The van der Waals surface area contributed by atoms with Gasteiger partial charge in [-0.2, -0.15) is 0 Å². The molecule has 0 spiro atoms. The van der Waals surface area contributed by atoms with Crippen molar-refractivity contribution in [2.45, 2.75) is 33.1 Å². The van der Waals surface area contributed by atoms with Crippen molar-refractivity contribution in [2.75, 3.05) is 6.54 Å². The molecular weight excluding hydrogens is 186 g/mol. The third-order valence-electron chi connectivity index (χ3n) is 2.46. The van der Waals surface area contributed by atoms with Gasteiger partial charge in [0.15, 0.2) is 0 Å². The fourth-order valence-corrected chi connectivity index (χ4v) is 1.50. The molecule has 0 aromatic heterocycles. The zero-order valence-corrected chi connectivity index (χ0v) is 9.55. The van der Waals surface area contributed by atoms with Gasteiger partial charge < -0.3 is 5.32 Å². The fraction of sp³-hybridized carbons (Fsp3) is 0.462. The van der Waals surface area contributed by atoms with E-state index in [1.54, 1.807) is 0 Å². The van der Waals surface area contributed by atoms with Crippen LogP contribution < -0.4 is 5.32 Å². The molecule has 0 heterocycles.